The van der Waals surface area contributed by atoms with E-state index in [-0.39, 0.29) is 17.8 Å². The third-order valence-corrected chi connectivity index (χ3v) is 3.37. The molecule has 0 fully saturated rings. The number of benzene rings is 1. The fourth-order valence-electron chi connectivity index (χ4n) is 2.37. The van der Waals surface area contributed by atoms with Crippen molar-refractivity contribution in [2.75, 3.05) is 4.90 Å². The quantitative estimate of drug-likeness (QED) is 0.801. The van der Waals surface area contributed by atoms with Crippen LogP contribution in [0.25, 0.3) is 0 Å². The maximum Gasteiger partial charge on any atom is 0.299 e. The molecule has 2 heterocycles. The molecule has 21 heavy (non-hydrogen) atoms. The number of carbonyl (C=O) groups is 2. The summed E-state index contributed by atoms with van der Waals surface area (Å²) in [4.78, 5) is 29.3. The maximum atomic E-state index is 13.4. The van der Waals surface area contributed by atoms with Gasteiger partial charge in [-0.1, -0.05) is 6.92 Å². The zero-order valence-electron chi connectivity index (χ0n) is 11.4. The van der Waals surface area contributed by atoms with Crippen LogP contribution >= 0.6 is 0 Å². The maximum absolute atomic E-state index is 13.4. The van der Waals surface area contributed by atoms with Gasteiger partial charge in [0.2, 0.25) is 0 Å². The van der Waals surface area contributed by atoms with E-state index < -0.39 is 17.5 Å². The first-order valence-electron chi connectivity index (χ1n) is 6.64. The number of carbonyl (C=O) groups excluding carboxylic acids is 2. The highest BCUT2D eigenvalue weighted by atomic mass is 19.1. The van der Waals surface area contributed by atoms with E-state index in [4.69, 9.17) is 0 Å². The molecule has 0 radical (unpaired) electrons. The van der Waals surface area contributed by atoms with Crippen LogP contribution in [-0.4, -0.2) is 26.5 Å². The number of halogens is 1. The Balaban J connectivity index is 1.96. The summed E-state index contributed by atoms with van der Waals surface area (Å²) in [6.45, 7) is 2.77. The molecule has 7 heteroatoms. The Bertz CT molecular complexity index is 726. The smallest absolute Gasteiger partial charge is 0.297 e. The monoisotopic (exact) mass is 288 g/mol. The minimum Gasteiger partial charge on any atom is -0.297 e. The number of aromatic nitrogens is 3. The summed E-state index contributed by atoms with van der Waals surface area (Å²) < 4.78 is 15.1. The summed E-state index contributed by atoms with van der Waals surface area (Å²) in [7, 11) is 0. The molecular weight excluding hydrogens is 275 g/mol. The first-order valence-corrected chi connectivity index (χ1v) is 6.64. The van der Waals surface area contributed by atoms with Crippen LogP contribution < -0.4 is 4.90 Å². The van der Waals surface area contributed by atoms with Gasteiger partial charge in [0.15, 0.2) is 0 Å². The lowest BCUT2D eigenvalue weighted by molar-refractivity contribution is -0.114. The summed E-state index contributed by atoms with van der Waals surface area (Å²) in [6.07, 6.45) is 2.27. The second-order valence-corrected chi connectivity index (χ2v) is 4.78. The van der Waals surface area contributed by atoms with Crippen LogP contribution in [0.5, 0.6) is 0 Å². The fraction of sp³-hybridized carbons (Fsp3) is 0.286. The molecule has 1 amide bonds. The van der Waals surface area contributed by atoms with E-state index in [0.717, 1.165) is 6.42 Å². The first-order chi connectivity index (χ1) is 10.1. The molecule has 6 nitrogen and oxygen atoms in total. The molecule has 108 valence electrons. The molecule has 0 saturated heterocycles. The van der Waals surface area contributed by atoms with E-state index in [2.05, 4.69) is 10.1 Å². The van der Waals surface area contributed by atoms with Crippen LogP contribution in [0.1, 0.15) is 29.5 Å². The van der Waals surface area contributed by atoms with Gasteiger partial charge in [-0.15, -0.1) is 0 Å². The minimum atomic E-state index is -0.665. The van der Waals surface area contributed by atoms with E-state index in [1.54, 1.807) is 4.68 Å². The average Bonchev–Trinajstić information content (AvgIpc) is 2.99. The van der Waals surface area contributed by atoms with Crippen molar-refractivity contribution in [2.45, 2.75) is 26.4 Å². The van der Waals surface area contributed by atoms with Gasteiger partial charge >= 0.3 is 0 Å². The highest BCUT2D eigenvalue weighted by molar-refractivity contribution is 6.52. The SMILES string of the molecule is CCCn1ncnc1CN1C(=O)C(=O)c2ccc(F)cc21. The number of nitrogens with zero attached hydrogens (tertiary/aromatic N) is 4. The standard InChI is InChI=1S/C14H13FN4O2/c1-2-5-19-12(16-8-17-19)7-18-11-6-9(15)3-4-10(11)13(20)14(18)21/h3-4,6,8H,2,5,7H2,1H3. The summed E-state index contributed by atoms with van der Waals surface area (Å²) in [5.74, 6) is -1.21. The molecule has 1 aliphatic heterocycles. The number of aryl methyl sites for hydroxylation is 1. The van der Waals surface area contributed by atoms with Crippen LogP contribution in [0.15, 0.2) is 24.5 Å². The Kier molecular flexibility index (Phi) is 3.25. The van der Waals surface area contributed by atoms with Crippen LogP contribution in [-0.2, 0) is 17.9 Å². The van der Waals surface area contributed by atoms with Gasteiger partial charge in [0.25, 0.3) is 11.7 Å². The molecule has 0 unspecified atom stereocenters. The highest BCUT2D eigenvalue weighted by Gasteiger charge is 2.36. The van der Waals surface area contributed by atoms with Gasteiger partial charge in [-0.05, 0) is 24.6 Å². The average molecular weight is 288 g/mol. The van der Waals surface area contributed by atoms with Gasteiger partial charge in [0.05, 0.1) is 17.8 Å². The Morgan fingerprint density at radius 1 is 1.29 bits per heavy atom. The number of rotatable bonds is 4. The molecule has 2 aromatic rings. The number of ketones is 1. The van der Waals surface area contributed by atoms with E-state index >= 15 is 0 Å². The van der Waals surface area contributed by atoms with Crippen molar-refractivity contribution < 1.29 is 14.0 Å². The lowest BCUT2D eigenvalue weighted by Gasteiger charge is -2.16. The first kappa shape index (κ1) is 13.4. The van der Waals surface area contributed by atoms with Crippen molar-refractivity contribution in [3.8, 4) is 0 Å². The van der Waals surface area contributed by atoms with Crippen LogP contribution in [0, 0.1) is 5.82 Å². The van der Waals surface area contributed by atoms with Crippen LogP contribution in [0.4, 0.5) is 10.1 Å². The van der Waals surface area contributed by atoms with Crippen molar-refractivity contribution in [3.63, 3.8) is 0 Å². The Morgan fingerprint density at radius 2 is 2.10 bits per heavy atom. The fourth-order valence-corrected chi connectivity index (χ4v) is 2.37. The summed E-state index contributed by atoms with van der Waals surface area (Å²) >= 11 is 0. The van der Waals surface area contributed by atoms with Crippen molar-refractivity contribution in [1.82, 2.24) is 14.8 Å². The predicted octanol–water partition coefficient (Wildman–Crippen LogP) is 1.56. The third-order valence-electron chi connectivity index (χ3n) is 3.37. The van der Waals surface area contributed by atoms with Gasteiger partial charge in [0.1, 0.15) is 18.0 Å². The number of amides is 1. The molecule has 1 aromatic heterocycles. The van der Waals surface area contributed by atoms with Crippen LogP contribution in [0.2, 0.25) is 0 Å². The van der Waals surface area contributed by atoms with Crippen molar-refractivity contribution in [3.05, 3.63) is 41.7 Å². The number of fused-ring (bicyclic) bond motifs is 1. The Morgan fingerprint density at radius 3 is 2.86 bits per heavy atom. The minimum absolute atomic E-state index is 0.0982. The Hall–Kier alpha value is -2.57. The summed E-state index contributed by atoms with van der Waals surface area (Å²) in [6, 6.07) is 3.70. The van der Waals surface area contributed by atoms with E-state index in [1.165, 1.54) is 29.4 Å². The summed E-state index contributed by atoms with van der Waals surface area (Å²) in [5, 5.41) is 4.07. The molecule has 0 spiro atoms. The highest BCUT2D eigenvalue weighted by Crippen LogP contribution is 2.30. The molecule has 3 rings (SSSR count). The lowest BCUT2D eigenvalue weighted by Crippen LogP contribution is -2.30. The topological polar surface area (TPSA) is 68.1 Å². The van der Waals surface area contributed by atoms with Gasteiger partial charge < -0.3 is 0 Å². The number of hydrogen-bond donors (Lipinski definition) is 0. The van der Waals surface area contributed by atoms with E-state index in [0.29, 0.717) is 12.4 Å². The second-order valence-electron chi connectivity index (χ2n) is 4.78. The molecule has 0 atom stereocenters. The van der Waals surface area contributed by atoms with Gasteiger partial charge in [0, 0.05) is 6.54 Å². The largest absolute Gasteiger partial charge is 0.299 e. The third kappa shape index (κ3) is 2.20. The van der Waals surface area contributed by atoms with Crippen molar-refractivity contribution >= 4 is 17.4 Å². The van der Waals surface area contributed by atoms with Crippen molar-refractivity contribution in [2.24, 2.45) is 0 Å². The molecule has 0 bridgehead atoms. The zero-order valence-corrected chi connectivity index (χ0v) is 11.4. The lowest BCUT2D eigenvalue weighted by atomic mass is 10.1. The predicted molar refractivity (Wildman–Crippen MR) is 72.2 cm³/mol. The van der Waals surface area contributed by atoms with Gasteiger partial charge in [-0.3, -0.25) is 14.5 Å². The van der Waals surface area contributed by atoms with Crippen LogP contribution in [0.3, 0.4) is 0 Å². The van der Waals surface area contributed by atoms with E-state index in [9.17, 15) is 14.0 Å². The summed E-state index contributed by atoms with van der Waals surface area (Å²) in [5.41, 5.74) is 0.513. The molecule has 0 aliphatic carbocycles. The van der Waals surface area contributed by atoms with Gasteiger partial charge in [-0.25, -0.2) is 14.1 Å². The normalized spacial score (nSPS) is 13.9. The molecule has 0 N–H and O–H groups in total. The molecular formula is C14H13FN4O2. The van der Waals surface area contributed by atoms with Gasteiger partial charge in [-0.2, -0.15) is 5.10 Å². The zero-order chi connectivity index (χ0) is 15.0. The number of hydrogen-bond acceptors (Lipinski definition) is 4. The molecule has 1 aliphatic rings. The van der Waals surface area contributed by atoms with E-state index in [1.807, 2.05) is 6.92 Å². The van der Waals surface area contributed by atoms with Crippen molar-refractivity contribution in [1.29, 1.82) is 0 Å². The second kappa shape index (κ2) is 5.08. The molecule has 0 saturated carbocycles. The Labute approximate surface area is 120 Å². The molecule has 1 aromatic carbocycles. The number of Topliss-reactive ketones (excluding diaryl/α,β-unsaturated/α-hetero) is 1. The number of anilines is 1.